The second-order valence-electron chi connectivity index (χ2n) is 6.45. The third-order valence-corrected chi connectivity index (χ3v) is 6.19. The Hall–Kier alpha value is -2.30. The Balaban J connectivity index is 1.79. The zero-order valence-electron chi connectivity index (χ0n) is 16.1. The van der Waals surface area contributed by atoms with E-state index in [1.54, 1.807) is 35.1 Å². The minimum Gasteiger partial charge on any atom is -0.487 e. The summed E-state index contributed by atoms with van der Waals surface area (Å²) in [4.78, 5) is 26.1. The Morgan fingerprint density at radius 2 is 1.80 bits per heavy atom. The van der Waals surface area contributed by atoms with Crippen LogP contribution in [0, 0.1) is 10.1 Å². The average molecular weight is 555 g/mol. The van der Waals surface area contributed by atoms with Crippen molar-refractivity contribution in [2.45, 2.75) is 13.5 Å². The predicted octanol–water partition coefficient (Wildman–Crippen LogP) is 5.12. The van der Waals surface area contributed by atoms with E-state index >= 15 is 0 Å². The van der Waals surface area contributed by atoms with Crippen LogP contribution in [0.15, 0.2) is 51.0 Å². The van der Waals surface area contributed by atoms with Gasteiger partial charge in [-0.3, -0.25) is 19.8 Å². The Labute approximate surface area is 195 Å². The van der Waals surface area contributed by atoms with E-state index in [9.17, 15) is 14.9 Å². The van der Waals surface area contributed by atoms with Crippen molar-refractivity contribution in [2.75, 3.05) is 13.6 Å². The third kappa shape index (κ3) is 4.55. The maximum absolute atomic E-state index is 12.6. The third-order valence-electron chi connectivity index (χ3n) is 4.51. The minimum atomic E-state index is -0.440. The number of nitro groups is 1. The number of halogens is 2. The molecule has 0 radical (unpaired) electrons. The van der Waals surface area contributed by atoms with Gasteiger partial charge in [-0.1, -0.05) is 0 Å². The van der Waals surface area contributed by atoms with Crippen LogP contribution in [-0.2, 0) is 11.4 Å². The number of carbonyl (C=O) groups excluding carboxylic acids is 1. The number of rotatable bonds is 6. The molecule has 156 valence electrons. The first-order chi connectivity index (χ1) is 14.2. The highest BCUT2D eigenvalue weighted by Gasteiger charge is 2.34. The molecule has 2 aromatic carbocycles. The van der Waals surface area contributed by atoms with Gasteiger partial charge >= 0.3 is 0 Å². The van der Waals surface area contributed by atoms with Crippen LogP contribution in [0.25, 0.3) is 6.08 Å². The van der Waals surface area contributed by atoms with E-state index in [4.69, 9.17) is 17.0 Å². The van der Waals surface area contributed by atoms with Gasteiger partial charge in [-0.2, -0.15) is 0 Å². The van der Waals surface area contributed by atoms with E-state index in [-0.39, 0.29) is 18.2 Å². The second kappa shape index (κ2) is 9.23. The van der Waals surface area contributed by atoms with Gasteiger partial charge in [-0.25, -0.2) is 0 Å². The van der Waals surface area contributed by atoms with Crippen LogP contribution in [0.4, 0.5) is 5.69 Å². The number of benzene rings is 2. The number of hydrogen-bond acceptors (Lipinski definition) is 5. The lowest BCUT2D eigenvalue weighted by Gasteiger charge is -2.14. The summed E-state index contributed by atoms with van der Waals surface area (Å²) in [6, 6.07) is 9.89. The number of thiocarbonyl (C=S) groups is 1. The van der Waals surface area contributed by atoms with Crippen molar-refractivity contribution in [3.63, 3.8) is 0 Å². The van der Waals surface area contributed by atoms with Gasteiger partial charge in [0.25, 0.3) is 11.6 Å². The molecule has 0 aliphatic carbocycles. The fourth-order valence-electron chi connectivity index (χ4n) is 2.92. The number of nitro benzene ring substituents is 1. The fraction of sp³-hybridized carbons (Fsp3) is 0.200. The molecule has 1 aliphatic heterocycles. The lowest BCUT2D eigenvalue weighted by molar-refractivity contribution is -0.384. The van der Waals surface area contributed by atoms with Crippen LogP contribution in [0.2, 0.25) is 0 Å². The minimum absolute atomic E-state index is 0.0334. The summed E-state index contributed by atoms with van der Waals surface area (Å²) in [6.45, 7) is 2.64. The molecule has 2 aromatic rings. The molecule has 3 rings (SSSR count). The quantitative estimate of drug-likeness (QED) is 0.213. The maximum atomic E-state index is 12.6. The number of nitrogens with zero attached hydrogens (tertiary/aromatic N) is 3. The van der Waals surface area contributed by atoms with Crippen LogP contribution < -0.4 is 4.74 Å². The molecule has 1 fully saturated rings. The molecular weight excluding hydrogens is 538 g/mol. The van der Waals surface area contributed by atoms with Crippen molar-refractivity contribution in [3.05, 3.63) is 72.3 Å². The Morgan fingerprint density at radius 1 is 1.20 bits per heavy atom. The molecule has 0 spiro atoms. The summed E-state index contributed by atoms with van der Waals surface area (Å²) in [5.74, 6) is 0.461. The molecule has 10 heteroatoms. The molecule has 0 unspecified atom stereocenters. The first kappa shape index (κ1) is 22.4. The van der Waals surface area contributed by atoms with E-state index in [1.165, 1.54) is 12.1 Å². The number of amides is 1. The van der Waals surface area contributed by atoms with E-state index in [2.05, 4.69) is 31.9 Å². The summed E-state index contributed by atoms with van der Waals surface area (Å²) in [5.41, 5.74) is 2.13. The van der Waals surface area contributed by atoms with Crippen LogP contribution in [0.1, 0.15) is 18.1 Å². The van der Waals surface area contributed by atoms with E-state index < -0.39 is 4.92 Å². The molecular formula is C20H17Br2N3O4S. The number of likely N-dealkylation sites (N-methyl/N-ethyl adjacent to an activating group) is 2. The molecule has 0 saturated carbocycles. The van der Waals surface area contributed by atoms with Crippen LogP contribution in [0.5, 0.6) is 5.75 Å². The van der Waals surface area contributed by atoms with E-state index in [0.29, 0.717) is 32.0 Å². The lowest BCUT2D eigenvalue weighted by Crippen LogP contribution is -2.30. The molecule has 1 amide bonds. The normalized spacial score (nSPS) is 15.3. The Kier molecular flexibility index (Phi) is 6.89. The number of non-ortho nitro benzene ring substituents is 1. The monoisotopic (exact) mass is 553 g/mol. The van der Waals surface area contributed by atoms with Crippen molar-refractivity contribution in [1.29, 1.82) is 0 Å². The maximum Gasteiger partial charge on any atom is 0.276 e. The molecule has 1 saturated heterocycles. The average Bonchev–Trinajstić information content (AvgIpc) is 2.90. The zero-order chi connectivity index (χ0) is 22.0. The summed E-state index contributed by atoms with van der Waals surface area (Å²) < 4.78 is 7.29. The molecule has 1 aliphatic rings. The SMILES string of the molecule is CCN1C(=O)/C(=C/c2cc(Br)c(OCc3ccc([N+](=O)[O-])cc3)c(Br)c2)N(C)C1=S. The summed E-state index contributed by atoms with van der Waals surface area (Å²) in [5, 5.41) is 11.2. The van der Waals surface area contributed by atoms with Gasteiger partial charge in [-0.05, 0) is 92.5 Å². The number of hydrogen-bond donors (Lipinski definition) is 0. The van der Waals surface area contributed by atoms with Crippen molar-refractivity contribution < 1.29 is 14.5 Å². The van der Waals surface area contributed by atoms with Crippen molar-refractivity contribution in [2.24, 2.45) is 0 Å². The second-order valence-corrected chi connectivity index (χ2v) is 8.52. The Bertz CT molecular complexity index is 1030. The number of carbonyl (C=O) groups is 1. The van der Waals surface area contributed by atoms with Gasteiger partial charge in [0.2, 0.25) is 0 Å². The molecule has 0 N–H and O–H groups in total. The number of ether oxygens (including phenoxy) is 1. The highest BCUT2D eigenvalue weighted by atomic mass is 79.9. The van der Waals surface area contributed by atoms with Crippen LogP contribution in [-0.4, -0.2) is 39.3 Å². The van der Waals surface area contributed by atoms with Crippen molar-refractivity contribution in [3.8, 4) is 5.75 Å². The van der Waals surface area contributed by atoms with Crippen molar-refractivity contribution >= 4 is 66.9 Å². The van der Waals surface area contributed by atoms with Gasteiger partial charge in [0.15, 0.2) is 5.11 Å². The van der Waals surface area contributed by atoms with E-state index in [1.807, 2.05) is 19.1 Å². The first-order valence-corrected chi connectivity index (χ1v) is 10.9. The summed E-state index contributed by atoms with van der Waals surface area (Å²) >= 11 is 12.3. The van der Waals surface area contributed by atoms with Crippen LogP contribution in [0.3, 0.4) is 0 Å². The lowest BCUT2D eigenvalue weighted by atomic mass is 10.1. The smallest absolute Gasteiger partial charge is 0.276 e. The fourth-order valence-corrected chi connectivity index (χ4v) is 4.68. The highest BCUT2D eigenvalue weighted by Crippen LogP contribution is 2.36. The molecule has 0 bridgehead atoms. The molecule has 7 nitrogen and oxygen atoms in total. The summed E-state index contributed by atoms with van der Waals surface area (Å²) in [7, 11) is 1.77. The first-order valence-electron chi connectivity index (χ1n) is 8.89. The van der Waals surface area contributed by atoms with Crippen LogP contribution >= 0.6 is 44.1 Å². The predicted molar refractivity (Wildman–Crippen MR) is 125 cm³/mol. The zero-order valence-corrected chi connectivity index (χ0v) is 20.1. The van der Waals surface area contributed by atoms with E-state index in [0.717, 1.165) is 11.1 Å². The van der Waals surface area contributed by atoms with Gasteiger partial charge in [-0.15, -0.1) is 0 Å². The molecule has 0 atom stereocenters. The molecule has 0 aromatic heterocycles. The van der Waals surface area contributed by atoms with Crippen molar-refractivity contribution in [1.82, 2.24) is 9.80 Å². The van der Waals surface area contributed by atoms with Gasteiger partial charge in [0, 0.05) is 25.7 Å². The molecule has 30 heavy (non-hydrogen) atoms. The highest BCUT2D eigenvalue weighted by molar-refractivity contribution is 9.11. The Morgan fingerprint density at radius 3 is 2.30 bits per heavy atom. The largest absolute Gasteiger partial charge is 0.487 e. The molecule has 1 heterocycles. The summed E-state index contributed by atoms with van der Waals surface area (Å²) in [6.07, 6.45) is 1.78. The van der Waals surface area contributed by atoms with Gasteiger partial charge in [0.05, 0.1) is 13.9 Å². The standard InChI is InChI=1S/C20H17Br2N3O4S/c1-3-24-19(26)17(23(2)20(24)30)10-13-8-15(21)18(16(22)9-13)29-11-12-4-6-14(7-5-12)25(27)28/h4-10H,3,11H2,1-2H3/b17-10-. The van der Waals surface area contributed by atoms with Gasteiger partial charge < -0.3 is 9.64 Å². The van der Waals surface area contributed by atoms with Gasteiger partial charge in [0.1, 0.15) is 18.1 Å². The topological polar surface area (TPSA) is 75.9 Å².